The lowest BCUT2D eigenvalue weighted by Crippen LogP contribution is -2.14. The number of carbonyl (C=O) groups is 1. The number of halogens is 4. The quantitative estimate of drug-likeness (QED) is 0.859. The summed E-state index contributed by atoms with van der Waals surface area (Å²) in [7, 11) is 0. The Kier molecular flexibility index (Phi) is 3.52. The van der Waals surface area contributed by atoms with Crippen molar-refractivity contribution in [2.45, 2.75) is 6.18 Å². The molecule has 1 aromatic heterocycles. The van der Waals surface area contributed by atoms with Gasteiger partial charge in [-0.05, 0) is 18.2 Å². The third-order valence-electron chi connectivity index (χ3n) is 2.21. The molecule has 19 heavy (non-hydrogen) atoms. The van der Waals surface area contributed by atoms with Gasteiger partial charge >= 0.3 is 6.18 Å². The molecule has 1 heterocycles. The van der Waals surface area contributed by atoms with Gasteiger partial charge in [-0.3, -0.25) is 4.79 Å². The van der Waals surface area contributed by atoms with Gasteiger partial charge < -0.3 is 5.32 Å². The van der Waals surface area contributed by atoms with Crippen LogP contribution in [0.15, 0.2) is 29.1 Å². The van der Waals surface area contributed by atoms with Crippen LogP contribution in [0.25, 0.3) is 0 Å². The Hall–Kier alpha value is -1.96. The molecule has 1 aromatic carbocycles. The van der Waals surface area contributed by atoms with Crippen molar-refractivity contribution in [2.75, 3.05) is 5.32 Å². The van der Waals surface area contributed by atoms with Crippen LogP contribution >= 0.6 is 11.3 Å². The first-order valence-electron chi connectivity index (χ1n) is 4.94. The zero-order valence-electron chi connectivity index (χ0n) is 9.16. The van der Waals surface area contributed by atoms with Crippen LogP contribution in [-0.2, 0) is 6.18 Å². The van der Waals surface area contributed by atoms with E-state index in [0.29, 0.717) is 18.2 Å². The summed E-state index contributed by atoms with van der Waals surface area (Å²) in [6.07, 6.45) is -4.60. The van der Waals surface area contributed by atoms with E-state index in [1.807, 2.05) is 0 Å². The van der Waals surface area contributed by atoms with E-state index in [2.05, 4.69) is 10.3 Å². The average molecular weight is 290 g/mol. The van der Waals surface area contributed by atoms with E-state index in [4.69, 9.17) is 0 Å². The molecule has 0 saturated heterocycles. The minimum Gasteiger partial charge on any atom is -0.318 e. The fourth-order valence-corrected chi connectivity index (χ4v) is 1.84. The third kappa shape index (κ3) is 3.08. The highest BCUT2D eigenvalue weighted by Crippen LogP contribution is 2.31. The Bertz CT molecular complexity index is 595. The number of nitrogens with zero attached hydrogens (tertiary/aromatic N) is 1. The molecule has 0 aliphatic rings. The van der Waals surface area contributed by atoms with Gasteiger partial charge in [0.05, 0.1) is 16.8 Å². The number of amides is 1. The van der Waals surface area contributed by atoms with Crippen LogP contribution in [0.1, 0.15) is 16.1 Å². The first-order chi connectivity index (χ1) is 8.88. The fourth-order valence-electron chi connectivity index (χ4n) is 1.31. The van der Waals surface area contributed by atoms with E-state index in [1.165, 1.54) is 10.9 Å². The predicted octanol–water partition coefficient (Wildman–Crippen LogP) is 3.55. The number of alkyl halides is 3. The molecule has 0 radical (unpaired) electrons. The van der Waals surface area contributed by atoms with Gasteiger partial charge in [0, 0.05) is 5.38 Å². The van der Waals surface area contributed by atoms with Crippen molar-refractivity contribution in [1.29, 1.82) is 0 Å². The number of carbonyl (C=O) groups excluding carboxylic acids is 1. The molecule has 2 rings (SSSR count). The van der Waals surface area contributed by atoms with Gasteiger partial charge in [0.15, 0.2) is 0 Å². The van der Waals surface area contributed by atoms with E-state index in [1.54, 1.807) is 0 Å². The highest BCUT2D eigenvalue weighted by molar-refractivity contribution is 7.07. The van der Waals surface area contributed by atoms with Crippen molar-refractivity contribution in [3.05, 3.63) is 46.2 Å². The van der Waals surface area contributed by atoms with E-state index in [-0.39, 0.29) is 5.69 Å². The Labute approximate surface area is 108 Å². The van der Waals surface area contributed by atoms with Crippen molar-refractivity contribution in [1.82, 2.24) is 4.98 Å². The maximum atomic E-state index is 13.4. The SMILES string of the molecule is O=C(Nc1cc(C(F)(F)F)ccc1F)c1cscn1. The van der Waals surface area contributed by atoms with Gasteiger partial charge in [-0.15, -0.1) is 11.3 Å². The summed E-state index contributed by atoms with van der Waals surface area (Å²) in [5.41, 5.74) is -0.172. The lowest BCUT2D eigenvalue weighted by atomic mass is 10.2. The Balaban J connectivity index is 2.27. The number of thiazole rings is 1. The predicted molar refractivity (Wildman–Crippen MR) is 61.5 cm³/mol. The van der Waals surface area contributed by atoms with Gasteiger partial charge in [-0.1, -0.05) is 0 Å². The van der Waals surface area contributed by atoms with Crippen LogP contribution in [0.2, 0.25) is 0 Å². The number of benzene rings is 1. The Morgan fingerprint density at radius 1 is 1.32 bits per heavy atom. The van der Waals surface area contributed by atoms with Gasteiger partial charge in [0.1, 0.15) is 11.5 Å². The molecule has 0 atom stereocenters. The lowest BCUT2D eigenvalue weighted by molar-refractivity contribution is -0.137. The van der Waals surface area contributed by atoms with Crippen LogP contribution in [-0.4, -0.2) is 10.9 Å². The van der Waals surface area contributed by atoms with Crippen molar-refractivity contribution >= 4 is 22.9 Å². The second kappa shape index (κ2) is 4.96. The van der Waals surface area contributed by atoms with E-state index in [9.17, 15) is 22.4 Å². The van der Waals surface area contributed by atoms with Crippen LogP contribution < -0.4 is 5.32 Å². The van der Waals surface area contributed by atoms with Gasteiger partial charge in [-0.25, -0.2) is 9.37 Å². The van der Waals surface area contributed by atoms with E-state index in [0.717, 1.165) is 11.3 Å². The number of hydrogen-bond acceptors (Lipinski definition) is 3. The molecule has 0 aliphatic heterocycles. The first kappa shape index (κ1) is 13.5. The highest BCUT2D eigenvalue weighted by Gasteiger charge is 2.31. The minimum absolute atomic E-state index is 0.0156. The smallest absolute Gasteiger partial charge is 0.318 e. The van der Waals surface area contributed by atoms with Gasteiger partial charge in [0.25, 0.3) is 5.91 Å². The number of anilines is 1. The minimum atomic E-state index is -4.60. The molecule has 0 fully saturated rings. The molecule has 2 aromatic rings. The van der Waals surface area contributed by atoms with E-state index < -0.39 is 29.2 Å². The largest absolute Gasteiger partial charge is 0.416 e. The number of aromatic nitrogens is 1. The molecule has 3 nitrogen and oxygen atoms in total. The van der Waals surface area contributed by atoms with Gasteiger partial charge in [-0.2, -0.15) is 13.2 Å². The standard InChI is InChI=1S/C11H6F4N2OS/c12-7-2-1-6(11(13,14)15)3-8(7)17-10(18)9-4-19-5-16-9/h1-5H,(H,17,18). The summed E-state index contributed by atoms with van der Waals surface area (Å²) in [4.78, 5) is 15.2. The molecular weight excluding hydrogens is 284 g/mol. The molecule has 8 heteroatoms. The monoisotopic (exact) mass is 290 g/mol. The molecule has 0 saturated carbocycles. The van der Waals surface area contributed by atoms with Crippen molar-refractivity contribution in [3.8, 4) is 0 Å². The average Bonchev–Trinajstić information content (AvgIpc) is 2.84. The van der Waals surface area contributed by atoms with Crippen LogP contribution in [0.4, 0.5) is 23.2 Å². The highest BCUT2D eigenvalue weighted by atomic mass is 32.1. The maximum absolute atomic E-state index is 13.4. The normalized spacial score (nSPS) is 11.4. The second-order valence-electron chi connectivity index (χ2n) is 3.52. The Morgan fingerprint density at radius 3 is 2.63 bits per heavy atom. The number of hydrogen-bond donors (Lipinski definition) is 1. The topological polar surface area (TPSA) is 42.0 Å². The number of nitrogens with one attached hydrogen (secondary N) is 1. The summed E-state index contributed by atoms with van der Waals surface area (Å²) in [6.45, 7) is 0. The maximum Gasteiger partial charge on any atom is 0.416 e. The summed E-state index contributed by atoms with van der Waals surface area (Å²) < 4.78 is 50.8. The summed E-state index contributed by atoms with van der Waals surface area (Å²) in [5.74, 6) is -1.71. The van der Waals surface area contributed by atoms with Crippen LogP contribution in [0, 0.1) is 5.82 Å². The Morgan fingerprint density at radius 2 is 2.05 bits per heavy atom. The van der Waals surface area contributed by atoms with Gasteiger partial charge in [0.2, 0.25) is 0 Å². The van der Waals surface area contributed by atoms with Crippen molar-refractivity contribution in [3.63, 3.8) is 0 Å². The van der Waals surface area contributed by atoms with E-state index >= 15 is 0 Å². The molecule has 0 unspecified atom stereocenters. The van der Waals surface area contributed by atoms with Crippen LogP contribution in [0.5, 0.6) is 0 Å². The second-order valence-corrected chi connectivity index (χ2v) is 4.24. The molecule has 0 spiro atoms. The number of rotatable bonds is 2. The molecule has 0 aliphatic carbocycles. The first-order valence-corrected chi connectivity index (χ1v) is 5.88. The summed E-state index contributed by atoms with van der Waals surface area (Å²) in [6, 6.07) is 1.80. The fraction of sp³-hybridized carbons (Fsp3) is 0.0909. The van der Waals surface area contributed by atoms with Crippen LogP contribution in [0.3, 0.4) is 0 Å². The summed E-state index contributed by atoms with van der Waals surface area (Å²) >= 11 is 1.14. The third-order valence-corrected chi connectivity index (χ3v) is 2.79. The molecule has 100 valence electrons. The molecule has 0 bridgehead atoms. The van der Waals surface area contributed by atoms with Crippen molar-refractivity contribution < 1.29 is 22.4 Å². The zero-order chi connectivity index (χ0) is 14.0. The molecule has 1 amide bonds. The molecular formula is C11H6F4N2OS. The van der Waals surface area contributed by atoms with Crippen molar-refractivity contribution in [2.24, 2.45) is 0 Å². The molecule has 1 N–H and O–H groups in total. The summed E-state index contributed by atoms with van der Waals surface area (Å²) in [5, 5.41) is 3.46. The zero-order valence-corrected chi connectivity index (χ0v) is 9.98. The lowest BCUT2D eigenvalue weighted by Gasteiger charge is -2.10.